The molecule has 1 aliphatic rings. The topological polar surface area (TPSA) is 70.2 Å². The molecule has 0 unspecified atom stereocenters. The molecule has 1 aliphatic heterocycles. The molecule has 3 aromatic rings. The van der Waals surface area contributed by atoms with Gasteiger partial charge in [-0.25, -0.2) is 0 Å². The van der Waals surface area contributed by atoms with Crippen LogP contribution in [0.3, 0.4) is 0 Å². The molecule has 0 aliphatic carbocycles. The summed E-state index contributed by atoms with van der Waals surface area (Å²) in [6.07, 6.45) is 2.03. The van der Waals surface area contributed by atoms with Gasteiger partial charge < -0.3 is 10.1 Å². The summed E-state index contributed by atoms with van der Waals surface area (Å²) < 4.78 is 5.46. The zero-order valence-corrected chi connectivity index (χ0v) is 17.4. The lowest BCUT2D eigenvalue weighted by molar-refractivity contribution is 0.0946. The van der Waals surface area contributed by atoms with Gasteiger partial charge in [0.15, 0.2) is 0 Å². The summed E-state index contributed by atoms with van der Waals surface area (Å²) in [6, 6.07) is 18.1. The van der Waals surface area contributed by atoms with Crippen LogP contribution in [0, 0.1) is 0 Å². The van der Waals surface area contributed by atoms with E-state index < -0.39 is 0 Å². The van der Waals surface area contributed by atoms with Crippen LogP contribution in [0.2, 0.25) is 0 Å². The number of nitrogens with one attached hydrogen (secondary N) is 2. The third-order valence-corrected chi connectivity index (χ3v) is 5.43. The lowest BCUT2D eigenvalue weighted by Gasteiger charge is -2.28. The Morgan fingerprint density at radius 2 is 1.97 bits per heavy atom. The number of aromatic amines is 1. The van der Waals surface area contributed by atoms with Crippen LogP contribution in [0.1, 0.15) is 35.0 Å². The fourth-order valence-electron chi connectivity index (χ4n) is 3.82. The molecular weight excluding hydrogens is 376 g/mol. The van der Waals surface area contributed by atoms with Gasteiger partial charge in [-0.05, 0) is 61.2 Å². The van der Waals surface area contributed by atoms with Crippen molar-refractivity contribution in [2.75, 3.05) is 26.2 Å². The zero-order chi connectivity index (χ0) is 20.8. The van der Waals surface area contributed by atoms with Crippen LogP contribution in [0.4, 0.5) is 0 Å². The zero-order valence-electron chi connectivity index (χ0n) is 17.4. The molecule has 6 heteroatoms. The minimum Gasteiger partial charge on any atom is -0.494 e. The number of hydrogen-bond acceptors (Lipinski definition) is 4. The van der Waals surface area contributed by atoms with Crippen LogP contribution in [0.5, 0.6) is 5.75 Å². The van der Waals surface area contributed by atoms with Crippen LogP contribution in [-0.2, 0) is 13.0 Å². The van der Waals surface area contributed by atoms with Crippen molar-refractivity contribution < 1.29 is 9.53 Å². The first kappa shape index (κ1) is 20.2. The summed E-state index contributed by atoms with van der Waals surface area (Å²) in [6.45, 7) is 6.30. The fourth-order valence-corrected chi connectivity index (χ4v) is 3.82. The number of carbonyl (C=O) groups is 1. The van der Waals surface area contributed by atoms with Crippen molar-refractivity contribution in [3.8, 4) is 17.0 Å². The number of H-pyrrole nitrogens is 1. The van der Waals surface area contributed by atoms with Gasteiger partial charge in [0.1, 0.15) is 11.4 Å². The summed E-state index contributed by atoms with van der Waals surface area (Å²) in [4.78, 5) is 14.9. The summed E-state index contributed by atoms with van der Waals surface area (Å²) in [7, 11) is 0. The summed E-state index contributed by atoms with van der Waals surface area (Å²) >= 11 is 0. The maximum Gasteiger partial charge on any atom is 0.269 e. The van der Waals surface area contributed by atoms with E-state index >= 15 is 0 Å². The highest BCUT2D eigenvalue weighted by Gasteiger charge is 2.15. The minimum atomic E-state index is -0.122. The highest BCUT2D eigenvalue weighted by atomic mass is 16.5. The molecule has 2 heterocycles. The van der Waals surface area contributed by atoms with E-state index in [-0.39, 0.29) is 5.91 Å². The first-order chi connectivity index (χ1) is 14.7. The molecule has 2 aromatic carbocycles. The third kappa shape index (κ3) is 4.89. The third-order valence-electron chi connectivity index (χ3n) is 5.43. The molecule has 0 atom stereocenters. The summed E-state index contributed by atoms with van der Waals surface area (Å²) in [5, 5.41) is 10.1. The second-order valence-electron chi connectivity index (χ2n) is 7.53. The van der Waals surface area contributed by atoms with Crippen LogP contribution in [0.15, 0.2) is 54.6 Å². The minimum absolute atomic E-state index is 0.122. The molecule has 1 amide bonds. The number of rotatable bonds is 8. The van der Waals surface area contributed by atoms with Gasteiger partial charge in [0.2, 0.25) is 0 Å². The second-order valence-corrected chi connectivity index (χ2v) is 7.53. The molecule has 6 nitrogen and oxygen atoms in total. The van der Waals surface area contributed by atoms with Crippen molar-refractivity contribution in [3.05, 3.63) is 71.4 Å². The molecule has 0 fully saturated rings. The molecule has 30 heavy (non-hydrogen) atoms. The van der Waals surface area contributed by atoms with Crippen molar-refractivity contribution in [2.45, 2.75) is 26.3 Å². The predicted octanol–water partition coefficient (Wildman–Crippen LogP) is 3.65. The van der Waals surface area contributed by atoms with Gasteiger partial charge in [0, 0.05) is 31.7 Å². The Labute approximate surface area is 177 Å². The van der Waals surface area contributed by atoms with Crippen LogP contribution in [-0.4, -0.2) is 47.2 Å². The van der Waals surface area contributed by atoms with E-state index in [1.807, 2.05) is 31.2 Å². The Hall–Kier alpha value is -3.12. The van der Waals surface area contributed by atoms with E-state index in [2.05, 4.69) is 44.7 Å². The monoisotopic (exact) mass is 404 g/mol. The number of nitrogens with zero attached hydrogens (tertiary/aromatic N) is 2. The number of amides is 1. The second kappa shape index (κ2) is 9.59. The van der Waals surface area contributed by atoms with E-state index in [1.54, 1.807) is 6.07 Å². The lowest BCUT2D eigenvalue weighted by Crippen LogP contribution is -2.33. The van der Waals surface area contributed by atoms with E-state index in [4.69, 9.17) is 4.74 Å². The molecule has 0 spiro atoms. The summed E-state index contributed by atoms with van der Waals surface area (Å²) in [5.41, 5.74) is 5.05. The van der Waals surface area contributed by atoms with E-state index in [1.165, 1.54) is 11.1 Å². The predicted molar refractivity (Wildman–Crippen MR) is 118 cm³/mol. The van der Waals surface area contributed by atoms with Crippen LogP contribution in [0.25, 0.3) is 11.3 Å². The van der Waals surface area contributed by atoms with Gasteiger partial charge in [-0.1, -0.05) is 24.3 Å². The van der Waals surface area contributed by atoms with Crippen molar-refractivity contribution >= 4 is 5.91 Å². The van der Waals surface area contributed by atoms with Crippen molar-refractivity contribution in [3.63, 3.8) is 0 Å². The van der Waals surface area contributed by atoms with Crippen LogP contribution >= 0.6 is 0 Å². The number of benzene rings is 2. The van der Waals surface area contributed by atoms with Gasteiger partial charge in [0.25, 0.3) is 5.91 Å². The molecule has 2 N–H and O–H groups in total. The molecule has 1 aromatic heterocycles. The fraction of sp³-hybridized carbons (Fsp3) is 0.333. The number of aromatic nitrogens is 2. The molecule has 156 valence electrons. The molecule has 4 rings (SSSR count). The van der Waals surface area contributed by atoms with Crippen molar-refractivity contribution in [1.29, 1.82) is 0 Å². The Balaban J connectivity index is 1.23. The van der Waals surface area contributed by atoms with E-state index in [9.17, 15) is 4.79 Å². The molecule has 0 bridgehead atoms. The Bertz CT molecular complexity index is 981. The molecule has 0 saturated carbocycles. The van der Waals surface area contributed by atoms with Gasteiger partial charge in [0.05, 0.1) is 12.3 Å². The number of hydrogen-bond donors (Lipinski definition) is 2. The van der Waals surface area contributed by atoms with Gasteiger partial charge >= 0.3 is 0 Å². The van der Waals surface area contributed by atoms with E-state index in [0.29, 0.717) is 18.8 Å². The maximum absolute atomic E-state index is 12.4. The largest absolute Gasteiger partial charge is 0.494 e. The molecular formula is C24H28N4O2. The van der Waals surface area contributed by atoms with Gasteiger partial charge in [-0.2, -0.15) is 5.10 Å². The maximum atomic E-state index is 12.4. The average molecular weight is 405 g/mol. The van der Waals surface area contributed by atoms with Gasteiger partial charge in [-0.15, -0.1) is 0 Å². The first-order valence-corrected chi connectivity index (χ1v) is 10.6. The highest BCUT2D eigenvalue weighted by Crippen LogP contribution is 2.21. The SMILES string of the molecule is CCOc1ccc(-c2cc(C(=O)NCCCN3CCc4ccccc4C3)[nH]n2)cc1. The standard InChI is InChI=1S/C24H28N4O2/c1-2-30-21-10-8-19(9-11-21)22-16-23(27-26-22)24(29)25-13-5-14-28-15-12-18-6-3-4-7-20(18)17-28/h3-4,6-11,16H,2,5,12-15,17H2,1H3,(H,25,29)(H,26,27). The van der Waals surface area contributed by atoms with Crippen molar-refractivity contribution in [1.82, 2.24) is 20.4 Å². The molecule has 0 radical (unpaired) electrons. The smallest absolute Gasteiger partial charge is 0.269 e. The highest BCUT2D eigenvalue weighted by molar-refractivity contribution is 5.93. The van der Waals surface area contributed by atoms with Crippen LogP contribution < -0.4 is 10.1 Å². The molecule has 0 saturated heterocycles. The average Bonchev–Trinajstić information content (AvgIpc) is 3.28. The quantitative estimate of drug-likeness (QED) is 0.562. The Kier molecular flexibility index (Phi) is 6.44. The number of carbonyl (C=O) groups excluding carboxylic acids is 1. The van der Waals surface area contributed by atoms with Gasteiger partial charge in [-0.3, -0.25) is 14.8 Å². The van der Waals surface area contributed by atoms with Crippen molar-refractivity contribution in [2.24, 2.45) is 0 Å². The first-order valence-electron chi connectivity index (χ1n) is 10.6. The Morgan fingerprint density at radius 3 is 2.77 bits per heavy atom. The summed E-state index contributed by atoms with van der Waals surface area (Å²) in [5.74, 6) is 0.704. The lowest BCUT2D eigenvalue weighted by atomic mass is 10.00. The number of ether oxygens (including phenoxy) is 1. The normalized spacial score (nSPS) is 13.6. The number of fused-ring (bicyclic) bond motifs is 1. The Morgan fingerprint density at radius 1 is 1.17 bits per heavy atom. The van der Waals surface area contributed by atoms with E-state index in [0.717, 1.165) is 49.5 Å².